The lowest BCUT2D eigenvalue weighted by Gasteiger charge is -2.17. The molecule has 0 aliphatic carbocycles. The van der Waals surface area contributed by atoms with E-state index in [9.17, 15) is 4.79 Å². The first-order valence-corrected chi connectivity index (χ1v) is 6.80. The molecule has 0 aromatic carbocycles. The molecule has 19 heavy (non-hydrogen) atoms. The lowest BCUT2D eigenvalue weighted by atomic mass is 10.1. The van der Waals surface area contributed by atoms with E-state index in [0.29, 0.717) is 18.5 Å². The van der Waals surface area contributed by atoms with E-state index < -0.39 is 0 Å². The van der Waals surface area contributed by atoms with Crippen LogP contribution in [0, 0.1) is 5.92 Å². The number of nitrogens with zero attached hydrogens (tertiary/aromatic N) is 3. The highest BCUT2D eigenvalue weighted by atomic mass is 16.2. The first-order chi connectivity index (χ1) is 8.88. The van der Waals surface area contributed by atoms with E-state index in [1.165, 1.54) is 0 Å². The summed E-state index contributed by atoms with van der Waals surface area (Å²) in [5.74, 6) is 0.389. The zero-order valence-corrected chi connectivity index (χ0v) is 12.5. The van der Waals surface area contributed by atoms with E-state index in [4.69, 9.17) is 0 Å². The highest BCUT2D eigenvalue weighted by molar-refractivity contribution is 5.75. The Morgan fingerprint density at radius 3 is 2.58 bits per heavy atom. The topological polar surface area (TPSA) is 71.8 Å². The van der Waals surface area contributed by atoms with Gasteiger partial charge in [0, 0.05) is 18.6 Å². The number of rotatable bonds is 7. The van der Waals surface area contributed by atoms with Gasteiger partial charge in [0.1, 0.15) is 6.54 Å². The van der Waals surface area contributed by atoms with Crippen molar-refractivity contribution >= 4 is 5.91 Å². The quantitative estimate of drug-likeness (QED) is 0.771. The van der Waals surface area contributed by atoms with E-state index in [0.717, 1.165) is 5.69 Å². The molecular weight excluding hydrogens is 242 g/mol. The van der Waals surface area contributed by atoms with Gasteiger partial charge in [-0.3, -0.25) is 4.79 Å². The summed E-state index contributed by atoms with van der Waals surface area (Å²) in [6.45, 7) is 11.2. The first kappa shape index (κ1) is 15.6. The molecule has 1 rings (SSSR count). The summed E-state index contributed by atoms with van der Waals surface area (Å²) < 4.78 is 1.57. The third kappa shape index (κ3) is 5.83. The maximum atomic E-state index is 11.8. The van der Waals surface area contributed by atoms with E-state index in [2.05, 4.69) is 48.6 Å². The molecule has 108 valence electrons. The van der Waals surface area contributed by atoms with Crippen LogP contribution in [0.25, 0.3) is 0 Å². The fourth-order valence-electron chi connectivity index (χ4n) is 1.42. The number of carbonyl (C=O) groups excluding carboxylic acids is 1. The van der Waals surface area contributed by atoms with Gasteiger partial charge in [-0.2, -0.15) is 0 Å². The SMILES string of the molecule is CC(C)NCc1cn(CC(=O)NC(C)C(C)C)nn1. The van der Waals surface area contributed by atoms with Gasteiger partial charge in [0.15, 0.2) is 0 Å². The second kappa shape index (κ2) is 7.23. The Morgan fingerprint density at radius 2 is 2.00 bits per heavy atom. The van der Waals surface area contributed by atoms with Gasteiger partial charge < -0.3 is 10.6 Å². The second-order valence-electron chi connectivity index (χ2n) is 5.54. The van der Waals surface area contributed by atoms with Crippen LogP contribution >= 0.6 is 0 Å². The molecule has 6 nitrogen and oxygen atoms in total. The van der Waals surface area contributed by atoms with Crippen molar-refractivity contribution in [1.82, 2.24) is 25.6 Å². The van der Waals surface area contributed by atoms with Crippen LogP contribution in [0.3, 0.4) is 0 Å². The summed E-state index contributed by atoms with van der Waals surface area (Å²) >= 11 is 0. The standard InChI is InChI=1S/C13H25N5O/c1-9(2)11(5)15-13(19)8-18-7-12(16-17-18)6-14-10(3)4/h7,9-11,14H,6,8H2,1-5H3,(H,15,19). The lowest BCUT2D eigenvalue weighted by Crippen LogP contribution is -2.38. The van der Waals surface area contributed by atoms with Gasteiger partial charge in [-0.1, -0.05) is 32.9 Å². The van der Waals surface area contributed by atoms with Crippen LogP contribution in [0.5, 0.6) is 0 Å². The molecule has 0 spiro atoms. The number of hydrogen-bond acceptors (Lipinski definition) is 4. The number of aromatic nitrogens is 3. The van der Waals surface area contributed by atoms with Crippen LogP contribution < -0.4 is 10.6 Å². The van der Waals surface area contributed by atoms with E-state index in [1.54, 1.807) is 10.9 Å². The molecule has 0 radical (unpaired) electrons. The fraction of sp³-hybridized carbons (Fsp3) is 0.769. The number of hydrogen-bond donors (Lipinski definition) is 2. The van der Waals surface area contributed by atoms with Gasteiger partial charge >= 0.3 is 0 Å². The van der Waals surface area contributed by atoms with Crippen molar-refractivity contribution in [2.75, 3.05) is 0 Å². The number of nitrogens with one attached hydrogen (secondary N) is 2. The second-order valence-corrected chi connectivity index (χ2v) is 5.54. The van der Waals surface area contributed by atoms with Gasteiger partial charge in [-0.15, -0.1) is 5.10 Å². The van der Waals surface area contributed by atoms with Crippen LogP contribution in [0.2, 0.25) is 0 Å². The molecule has 1 aromatic heterocycles. The smallest absolute Gasteiger partial charge is 0.242 e. The average molecular weight is 267 g/mol. The van der Waals surface area contributed by atoms with E-state index in [-0.39, 0.29) is 18.5 Å². The molecule has 0 aliphatic rings. The van der Waals surface area contributed by atoms with Crippen LogP contribution in [-0.4, -0.2) is 33.0 Å². The minimum absolute atomic E-state index is 0.0329. The zero-order chi connectivity index (χ0) is 14.4. The molecule has 0 saturated carbocycles. The minimum Gasteiger partial charge on any atom is -0.352 e. The summed E-state index contributed by atoms with van der Waals surface area (Å²) in [6, 6.07) is 0.568. The Labute approximate surface area is 115 Å². The number of carbonyl (C=O) groups is 1. The van der Waals surface area contributed by atoms with Gasteiger partial charge in [0.05, 0.1) is 11.9 Å². The number of amides is 1. The van der Waals surface area contributed by atoms with E-state index >= 15 is 0 Å². The zero-order valence-electron chi connectivity index (χ0n) is 12.5. The molecule has 0 saturated heterocycles. The molecule has 1 atom stereocenters. The molecular formula is C13H25N5O. The summed E-state index contributed by atoms with van der Waals surface area (Å²) in [5, 5.41) is 14.2. The minimum atomic E-state index is -0.0329. The molecule has 1 unspecified atom stereocenters. The molecule has 1 aromatic rings. The Kier molecular flexibility index (Phi) is 5.95. The Bertz CT molecular complexity index is 399. The first-order valence-electron chi connectivity index (χ1n) is 6.80. The highest BCUT2D eigenvalue weighted by Crippen LogP contribution is 2.00. The van der Waals surface area contributed by atoms with Crippen molar-refractivity contribution in [2.24, 2.45) is 5.92 Å². The molecule has 1 heterocycles. The Hall–Kier alpha value is -1.43. The maximum Gasteiger partial charge on any atom is 0.242 e. The molecule has 1 amide bonds. The van der Waals surface area contributed by atoms with Crippen molar-refractivity contribution in [3.63, 3.8) is 0 Å². The van der Waals surface area contributed by atoms with Crippen molar-refractivity contribution in [2.45, 2.75) is 59.8 Å². The fourth-order valence-corrected chi connectivity index (χ4v) is 1.42. The predicted molar refractivity (Wildman–Crippen MR) is 74.4 cm³/mol. The monoisotopic (exact) mass is 267 g/mol. The van der Waals surface area contributed by atoms with Crippen LogP contribution in [0.1, 0.15) is 40.3 Å². The van der Waals surface area contributed by atoms with Crippen LogP contribution in [-0.2, 0) is 17.9 Å². The van der Waals surface area contributed by atoms with Gasteiger partial charge in [-0.25, -0.2) is 4.68 Å². The molecule has 0 fully saturated rings. The normalized spacial score (nSPS) is 13.0. The highest BCUT2D eigenvalue weighted by Gasteiger charge is 2.12. The summed E-state index contributed by atoms with van der Waals surface area (Å²) in [7, 11) is 0. The average Bonchev–Trinajstić information content (AvgIpc) is 2.73. The van der Waals surface area contributed by atoms with Crippen molar-refractivity contribution in [3.8, 4) is 0 Å². The summed E-state index contributed by atoms with van der Waals surface area (Å²) in [5.41, 5.74) is 0.846. The maximum absolute atomic E-state index is 11.8. The van der Waals surface area contributed by atoms with Gasteiger partial charge in [-0.05, 0) is 12.8 Å². The van der Waals surface area contributed by atoms with Crippen molar-refractivity contribution in [3.05, 3.63) is 11.9 Å². The largest absolute Gasteiger partial charge is 0.352 e. The Balaban J connectivity index is 2.42. The third-order valence-electron chi connectivity index (χ3n) is 2.97. The molecule has 2 N–H and O–H groups in total. The van der Waals surface area contributed by atoms with Crippen LogP contribution in [0.4, 0.5) is 0 Å². The van der Waals surface area contributed by atoms with E-state index in [1.807, 2.05) is 6.92 Å². The lowest BCUT2D eigenvalue weighted by molar-refractivity contribution is -0.122. The summed E-state index contributed by atoms with van der Waals surface area (Å²) in [4.78, 5) is 11.8. The molecule has 6 heteroatoms. The predicted octanol–water partition coefficient (Wildman–Crippen LogP) is 0.937. The van der Waals surface area contributed by atoms with Crippen molar-refractivity contribution < 1.29 is 4.79 Å². The Morgan fingerprint density at radius 1 is 1.32 bits per heavy atom. The molecule has 0 bridgehead atoms. The third-order valence-corrected chi connectivity index (χ3v) is 2.97. The summed E-state index contributed by atoms with van der Waals surface area (Å²) in [6.07, 6.45) is 1.80. The van der Waals surface area contributed by atoms with Gasteiger partial charge in [0.2, 0.25) is 5.91 Å². The molecule has 0 aliphatic heterocycles. The van der Waals surface area contributed by atoms with Crippen LogP contribution in [0.15, 0.2) is 6.20 Å². The van der Waals surface area contributed by atoms with Gasteiger partial charge in [0.25, 0.3) is 0 Å². The van der Waals surface area contributed by atoms with Crippen molar-refractivity contribution in [1.29, 1.82) is 0 Å².